The van der Waals surface area contributed by atoms with Gasteiger partial charge in [0.25, 0.3) is 0 Å². The summed E-state index contributed by atoms with van der Waals surface area (Å²) in [6.07, 6.45) is 2.16. The summed E-state index contributed by atoms with van der Waals surface area (Å²) in [5, 5.41) is 1.45. The van der Waals surface area contributed by atoms with Gasteiger partial charge in [0, 0.05) is 5.56 Å². The van der Waals surface area contributed by atoms with E-state index in [1.165, 1.54) is 5.20 Å². The average Bonchev–Trinajstić information content (AvgIpc) is 2.63. The van der Waals surface area contributed by atoms with Gasteiger partial charge in [-0.15, -0.1) is 0 Å². The van der Waals surface area contributed by atoms with Crippen LogP contribution in [0, 0.1) is 0 Å². The van der Waals surface area contributed by atoms with Gasteiger partial charge >= 0.3 is 0 Å². The van der Waals surface area contributed by atoms with Crippen molar-refractivity contribution in [1.29, 1.82) is 0 Å². The van der Waals surface area contributed by atoms with Crippen LogP contribution in [-0.2, 0) is 0 Å². The first-order valence-electron chi connectivity index (χ1n) is 7.72. The predicted molar refractivity (Wildman–Crippen MR) is 100 cm³/mol. The van der Waals surface area contributed by atoms with Crippen LogP contribution in [-0.4, -0.2) is 14.9 Å². The van der Waals surface area contributed by atoms with Crippen molar-refractivity contribution in [2.45, 2.75) is 0 Å². The van der Waals surface area contributed by atoms with Gasteiger partial charge in [-0.25, -0.2) is 0 Å². The monoisotopic (exact) mass is 314 g/mol. The van der Waals surface area contributed by atoms with Crippen LogP contribution >= 0.6 is 0 Å². The molecule has 0 fully saturated rings. The highest BCUT2D eigenvalue weighted by atomic mass is 28.2. The van der Waals surface area contributed by atoms with Crippen LogP contribution in [0.2, 0.25) is 0 Å². The summed E-state index contributed by atoms with van der Waals surface area (Å²) in [6.45, 7) is 0. The molecule has 3 rings (SSSR count). The maximum atomic E-state index is 12.6. The van der Waals surface area contributed by atoms with Gasteiger partial charge in [0.2, 0.25) is 0 Å². The van der Waals surface area contributed by atoms with Gasteiger partial charge in [-0.2, -0.15) is 0 Å². The normalized spacial score (nSPS) is 11.7. The maximum absolute atomic E-state index is 12.6. The summed E-state index contributed by atoms with van der Waals surface area (Å²) < 4.78 is 0. The Bertz CT molecular complexity index is 793. The summed E-state index contributed by atoms with van der Waals surface area (Å²) in [6, 6.07) is 30.0. The van der Waals surface area contributed by atoms with Crippen molar-refractivity contribution >= 4 is 26.2 Å². The Morgan fingerprint density at radius 2 is 1.13 bits per heavy atom. The number of hydrogen-bond acceptors (Lipinski definition) is 1. The SMILES string of the molecule is O=C([SiH2]C(=Cc1ccccc1)c1ccccc1)c1ccccc1. The molecule has 3 aromatic carbocycles. The lowest BCUT2D eigenvalue weighted by Gasteiger charge is -2.08. The molecule has 0 unspecified atom stereocenters. The van der Waals surface area contributed by atoms with Gasteiger partial charge in [0.05, 0.1) is 0 Å². The summed E-state index contributed by atoms with van der Waals surface area (Å²) in [5.41, 5.74) is 3.10. The van der Waals surface area contributed by atoms with Gasteiger partial charge in [0.1, 0.15) is 14.9 Å². The Labute approximate surface area is 139 Å². The molecule has 0 radical (unpaired) electrons. The second kappa shape index (κ2) is 7.52. The van der Waals surface area contributed by atoms with Gasteiger partial charge in [-0.1, -0.05) is 97.1 Å². The minimum atomic E-state index is -1.07. The summed E-state index contributed by atoms with van der Waals surface area (Å²) in [7, 11) is -1.07. The quantitative estimate of drug-likeness (QED) is 0.510. The molecule has 3 aromatic rings. The predicted octanol–water partition coefficient (Wildman–Crippen LogP) is 4.19. The zero-order chi connectivity index (χ0) is 15.9. The largest absolute Gasteiger partial charge is 0.300 e. The molecule has 23 heavy (non-hydrogen) atoms. The maximum Gasteiger partial charge on any atom is 0.140 e. The fourth-order valence-corrected chi connectivity index (χ4v) is 4.10. The molecule has 0 aliphatic rings. The average molecular weight is 314 g/mol. The van der Waals surface area contributed by atoms with Crippen LogP contribution in [0.3, 0.4) is 0 Å². The molecular weight excluding hydrogens is 296 g/mol. The smallest absolute Gasteiger partial charge is 0.140 e. The Hall–Kier alpha value is -2.71. The highest BCUT2D eigenvalue weighted by molar-refractivity contribution is 6.91. The Morgan fingerprint density at radius 1 is 0.652 bits per heavy atom. The number of hydrogen-bond donors (Lipinski definition) is 0. The Balaban J connectivity index is 1.93. The third-order valence-electron chi connectivity index (χ3n) is 3.73. The topological polar surface area (TPSA) is 17.1 Å². The van der Waals surface area contributed by atoms with Crippen molar-refractivity contribution in [2.24, 2.45) is 0 Å². The molecule has 0 aliphatic heterocycles. The molecule has 1 nitrogen and oxygen atoms in total. The third-order valence-corrected chi connectivity index (χ3v) is 5.45. The van der Waals surface area contributed by atoms with E-state index in [-0.39, 0.29) is 5.41 Å². The van der Waals surface area contributed by atoms with Gasteiger partial charge < -0.3 is 4.79 Å². The second-order valence-corrected chi connectivity index (χ2v) is 7.17. The number of rotatable bonds is 5. The molecule has 0 spiro atoms. The molecule has 0 saturated carbocycles. The third kappa shape index (κ3) is 4.15. The van der Waals surface area contributed by atoms with Crippen LogP contribution in [0.25, 0.3) is 11.3 Å². The first-order chi connectivity index (χ1) is 11.3. The minimum Gasteiger partial charge on any atom is -0.300 e. The van der Waals surface area contributed by atoms with E-state index in [2.05, 4.69) is 30.3 Å². The zero-order valence-corrected chi connectivity index (χ0v) is 14.3. The summed E-state index contributed by atoms with van der Waals surface area (Å²) >= 11 is 0. The van der Waals surface area contributed by atoms with Crippen LogP contribution < -0.4 is 0 Å². The molecule has 0 aliphatic carbocycles. The number of carbonyl (C=O) groups excluding carboxylic acids is 1. The van der Waals surface area contributed by atoms with Gasteiger partial charge in [-0.05, 0) is 16.3 Å². The van der Waals surface area contributed by atoms with Crippen molar-refractivity contribution in [1.82, 2.24) is 0 Å². The van der Waals surface area contributed by atoms with Crippen molar-refractivity contribution < 1.29 is 4.79 Å². The standard InChI is InChI=1S/C21H18OSi/c22-21(19-14-8-3-9-15-19)23-20(18-12-6-2-7-13-18)16-17-10-4-1-5-11-17/h1-16H,23H2. The highest BCUT2D eigenvalue weighted by Crippen LogP contribution is 2.18. The van der Waals surface area contributed by atoms with E-state index in [4.69, 9.17) is 0 Å². The van der Waals surface area contributed by atoms with E-state index in [0.717, 1.165) is 16.7 Å². The van der Waals surface area contributed by atoms with Gasteiger partial charge in [-0.3, -0.25) is 0 Å². The molecular formula is C21H18OSi. The minimum absolute atomic E-state index is 0.275. The fraction of sp³-hybridized carbons (Fsp3) is 0. The second-order valence-electron chi connectivity index (χ2n) is 5.41. The van der Waals surface area contributed by atoms with Crippen molar-refractivity contribution in [3.63, 3.8) is 0 Å². The van der Waals surface area contributed by atoms with E-state index >= 15 is 0 Å². The van der Waals surface area contributed by atoms with Crippen LogP contribution in [0.15, 0.2) is 91.0 Å². The van der Waals surface area contributed by atoms with E-state index in [1.54, 1.807) is 0 Å². The highest BCUT2D eigenvalue weighted by Gasteiger charge is 2.11. The van der Waals surface area contributed by atoms with E-state index < -0.39 is 9.52 Å². The zero-order valence-electron chi connectivity index (χ0n) is 12.9. The van der Waals surface area contributed by atoms with E-state index in [0.29, 0.717) is 0 Å². The summed E-state index contributed by atoms with van der Waals surface area (Å²) in [4.78, 5) is 12.6. The van der Waals surface area contributed by atoms with Crippen LogP contribution in [0.1, 0.15) is 21.5 Å². The summed E-state index contributed by atoms with van der Waals surface area (Å²) in [5.74, 6) is 0. The Kier molecular flexibility index (Phi) is 4.97. The molecule has 0 atom stereocenters. The van der Waals surface area contributed by atoms with Crippen molar-refractivity contribution in [3.05, 3.63) is 108 Å². The number of benzene rings is 3. The molecule has 0 heterocycles. The van der Waals surface area contributed by atoms with Gasteiger partial charge in [0.15, 0.2) is 0 Å². The van der Waals surface area contributed by atoms with E-state index in [9.17, 15) is 4.79 Å². The van der Waals surface area contributed by atoms with E-state index in [1.807, 2.05) is 66.7 Å². The lowest BCUT2D eigenvalue weighted by atomic mass is 10.1. The molecule has 0 aromatic heterocycles. The molecule has 0 N–H and O–H groups in total. The van der Waals surface area contributed by atoms with Crippen LogP contribution in [0.5, 0.6) is 0 Å². The number of carbonyl (C=O) groups is 1. The van der Waals surface area contributed by atoms with Crippen molar-refractivity contribution in [2.75, 3.05) is 0 Å². The fourth-order valence-electron chi connectivity index (χ4n) is 2.54. The molecule has 0 saturated heterocycles. The van der Waals surface area contributed by atoms with Crippen molar-refractivity contribution in [3.8, 4) is 0 Å². The first kappa shape index (κ1) is 15.2. The molecule has 112 valence electrons. The lowest BCUT2D eigenvalue weighted by molar-refractivity contribution is 0.107. The molecule has 0 amide bonds. The molecule has 0 bridgehead atoms. The first-order valence-corrected chi connectivity index (χ1v) is 9.13. The molecule has 2 heteroatoms. The lowest BCUT2D eigenvalue weighted by Crippen LogP contribution is -2.11. The Morgan fingerprint density at radius 3 is 1.70 bits per heavy atom. The van der Waals surface area contributed by atoms with Crippen LogP contribution in [0.4, 0.5) is 0 Å².